The minimum atomic E-state index is -1.31. The summed E-state index contributed by atoms with van der Waals surface area (Å²) in [6.07, 6.45) is 2.07. The molecule has 0 saturated carbocycles. The van der Waals surface area contributed by atoms with Gasteiger partial charge in [-0.1, -0.05) is 87.2 Å². The van der Waals surface area contributed by atoms with E-state index in [9.17, 15) is 0 Å². The zero-order valence-electron chi connectivity index (χ0n) is 15.0. The largest absolute Gasteiger partial charge is 0.256 e. The predicted octanol–water partition coefficient (Wildman–Crippen LogP) is 5.45. The van der Waals surface area contributed by atoms with E-state index in [1.54, 1.807) is 0 Å². The molecule has 24 heavy (non-hydrogen) atoms. The molecule has 1 aromatic heterocycles. The normalized spacial score (nSPS) is 12.8. The molecule has 3 aromatic rings. The van der Waals surface area contributed by atoms with Crippen molar-refractivity contribution in [2.75, 3.05) is 0 Å². The molecule has 0 spiro atoms. The zero-order valence-corrected chi connectivity index (χ0v) is 16.0. The van der Waals surface area contributed by atoms with Crippen molar-refractivity contribution in [3.05, 3.63) is 84.1 Å². The Hall–Kier alpha value is -2.19. The Kier molecular flexibility index (Phi) is 4.68. The minimum Gasteiger partial charge on any atom is -0.256 e. The van der Waals surface area contributed by atoms with E-state index in [2.05, 4.69) is 99.5 Å². The molecule has 1 atom stereocenters. The molecule has 0 aliphatic rings. The smallest absolute Gasteiger partial charge is 0.0796 e. The number of hydrogen-bond acceptors (Lipinski definition) is 1. The number of pyridine rings is 1. The quantitative estimate of drug-likeness (QED) is 0.580. The number of aromatic nitrogens is 1. The van der Waals surface area contributed by atoms with Gasteiger partial charge in [-0.05, 0) is 22.4 Å². The Morgan fingerprint density at radius 2 is 1.46 bits per heavy atom. The SMILES string of the molecule is CC(c1ccccc1)c1ccccc1-c1ccc([Si](C)(C)C)cn1. The topological polar surface area (TPSA) is 12.9 Å². The van der Waals surface area contributed by atoms with Gasteiger partial charge in [0.25, 0.3) is 0 Å². The molecule has 1 heterocycles. The second-order valence-corrected chi connectivity index (χ2v) is 12.5. The first kappa shape index (κ1) is 16.7. The van der Waals surface area contributed by atoms with Gasteiger partial charge in [0.1, 0.15) is 0 Å². The van der Waals surface area contributed by atoms with E-state index in [1.807, 2.05) is 0 Å². The molecule has 3 rings (SSSR count). The molecule has 2 aromatic carbocycles. The summed E-state index contributed by atoms with van der Waals surface area (Å²) < 4.78 is 0. The summed E-state index contributed by atoms with van der Waals surface area (Å²) in [5, 5.41) is 1.40. The summed E-state index contributed by atoms with van der Waals surface area (Å²) in [5.74, 6) is 0.348. The van der Waals surface area contributed by atoms with Gasteiger partial charge in [-0.15, -0.1) is 0 Å². The Morgan fingerprint density at radius 1 is 0.792 bits per heavy atom. The first-order valence-corrected chi connectivity index (χ1v) is 12.1. The summed E-state index contributed by atoms with van der Waals surface area (Å²) >= 11 is 0. The van der Waals surface area contributed by atoms with E-state index in [0.29, 0.717) is 5.92 Å². The fourth-order valence-corrected chi connectivity index (χ4v) is 4.06. The maximum atomic E-state index is 4.79. The van der Waals surface area contributed by atoms with Crippen molar-refractivity contribution in [1.29, 1.82) is 0 Å². The second-order valence-electron chi connectivity index (χ2n) is 7.40. The van der Waals surface area contributed by atoms with Gasteiger partial charge in [-0.25, -0.2) is 0 Å². The molecule has 0 fully saturated rings. The van der Waals surface area contributed by atoms with E-state index in [0.717, 1.165) is 5.69 Å². The standard InChI is InChI=1S/C22H25NSi/c1-17(18-10-6-5-7-11-18)20-12-8-9-13-21(20)22-15-14-19(16-23-22)24(2,3)4/h5-17H,1-4H3. The number of hydrogen-bond donors (Lipinski definition) is 0. The average molecular weight is 332 g/mol. The van der Waals surface area contributed by atoms with Crippen molar-refractivity contribution in [3.63, 3.8) is 0 Å². The van der Waals surface area contributed by atoms with Crippen LogP contribution in [0.25, 0.3) is 11.3 Å². The lowest BCUT2D eigenvalue weighted by atomic mass is 9.88. The van der Waals surface area contributed by atoms with Crippen LogP contribution in [0, 0.1) is 0 Å². The van der Waals surface area contributed by atoms with Gasteiger partial charge in [0.05, 0.1) is 13.8 Å². The van der Waals surface area contributed by atoms with Gasteiger partial charge < -0.3 is 0 Å². The molecule has 0 aliphatic carbocycles. The van der Waals surface area contributed by atoms with Crippen molar-refractivity contribution in [2.24, 2.45) is 0 Å². The average Bonchev–Trinajstić information content (AvgIpc) is 2.61. The van der Waals surface area contributed by atoms with Crippen LogP contribution in [0.3, 0.4) is 0 Å². The highest BCUT2D eigenvalue weighted by molar-refractivity contribution is 6.88. The van der Waals surface area contributed by atoms with Gasteiger partial charge in [-0.2, -0.15) is 0 Å². The lowest BCUT2D eigenvalue weighted by Gasteiger charge is -2.19. The van der Waals surface area contributed by atoms with Crippen LogP contribution in [0.15, 0.2) is 72.9 Å². The summed E-state index contributed by atoms with van der Waals surface area (Å²) in [7, 11) is -1.31. The van der Waals surface area contributed by atoms with E-state index in [1.165, 1.54) is 21.9 Å². The van der Waals surface area contributed by atoms with Crippen molar-refractivity contribution in [3.8, 4) is 11.3 Å². The Morgan fingerprint density at radius 3 is 2.08 bits per heavy atom. The molecule has 2 heteroatoms. The highest BCUT2D eigenvalue weighted by Gasteiger charge is 2.18. The van der Waals surface area contributed by atoms with Crippen LogP contribution in [-0.2, 0) is 0 Å². The molecule has 0 bridgehead atoms. The van der Waals surface area contributed by atoms with Crippen molar-refractivity contribution < 1.29 is 0 Å². The van der Waals surface area contributed by atoms with E-state index < -0.39 is 8.07 Å². The van der Waals surface area contributed by atoms with Crippen LogP contribution in [0.2, 0.25) is 19.6 Å². The van der Waals surface area contributed by atoms with Gasteiger partial charge in [0.2, 0.25) is 0 Å². The molecule has 0 aliphatic heterocycles. The lowest BCUT2D eigenvalue weighted by Crippen LogP contribution is -2.37. The molecule has 0 radical (unpaired) electrons. The third-order valence-electron chi connectivity index (χ3n) is 4.63. The Balaban J connectivity index is 2.01. The highest BCUT2D eigenvalue weighted by atomic mass is 28.3. The molecule has 0 saturated heterocycles. The molecule has 0 N–H and O–H groups in total. The highest BCUT2D eigenvalue weighted by Crippen LogP contribution is 2.31. The van der Waals surface area contributed by atoms with Crippen molar-refractivity contribution in [2.45, 2.75) is 32.5 Å². The first-order chi connectivity index (χ1) is 11.5. The molecule has 1 nitrogen and oxygen atoms in total. The number of benzene rings is 2. The Labute approximate surface area is 146 Å². The monoisotopic (exact) mass is 331 g/mol. The summed E-state index contributed by atoms with van der Waals surface area (Å²) in [6, 6.07) is 23.8. The second kappa shape index (κ2) is 6.74. The summed E-state index contributed by atoms with van der Waals surface area (Å²) in [6.45, 7) is 9.34. The minimum absolute atomic E-state index is 0.348. The summed E-state index contributed by atoms with van der Waals surface area (Å²) in [4.78, 5) is 4.79. The van der Waals surface area contributed by atoms with Crippen LogP contribution >= 0.6 is 0 Å². The lowest BCUT2D eigenvalue weighted by molar-refractivity contribution is 0.923. The maximum absolute atomic E-state index is 4.79. The summed E-state index contributed by atoms with van der Waals surface area (Å²) in [5.41, 5.74) is 4.96. The maximum Gasteiger partial charge on any atom is 0.0796 e. The predicted molar refractivity (Wildman–Crippen MR) is 107 cm³/mol. The molecule has 0 amide bonds. The van der Waals surface area contributed by atoms with E-state index in [4.69, 9.17) is 4.98 Å². The third kappa shape index (κ3) is 3.49. The van der Waals surface area contributed by atoms with E-state index in [-0.39, 0.29) is 0 Å². The first-order valence-electron chi connectivity index (χ1n) is 8.57. The third-order valence-corrected chi connectivity index (χ3v) is 6.66. The molecule has 122 valence electrons. The fraction of sp³-hybridized carbons (Fsp3) is 0.227. The Bertz CT molecular complexity index is 801. The molecule has 1 unspecified atom stereocenters. The number of rotatable bonds is 4. The van der Waals surface area contributed by atoms with Gasteiger partial charge in [0, 0.05) is 17.7 Å². The van der Waals surface area contributed by atoms with Crippen LogP contribution in [0.4, 0.5) is 0 Å². The van der Waals surface area contributed by atoms with Crippen LogP contribution in [0.1, 0.15) is 24.0 Å². The van der Waals surface area contributed by atoms with Gasteiger partial charge in [-0.3, -0.25) is 4.98 Å². The van der Waals surface area contributed by atoms with Crippen LogP contribution in [-0.4, -0.2) is 13.1 Å². The fourth-order valence-electron chi connectivity index (χ4n) is 3.03. The van der Waals surface area contributed by atoms with Crippen molar-refractivity contribution >= 4 is 13.3 Å². The van der Waals surface area contributed by atoms with E-state index >= 15 is 0 Å². The zero-order chi connectivity index (χ0) is 17.2. The van der Waals surface area contributed by atoms with Crippen LogP contribution < -0.4 is 5.19 Å². The van der Waals surface area contributed by atoms with Gasteiger partial charge >= 0.3 is 0 Å². The van der Waals surface area contributed by atoms with Crippen LogP contribution in [0.5, 0.6) is 0 Å². The van der Waals surface area contributed by atoms with Gasteiger partial charge in [0.15, 0.2) is 0 Å². The number of nitrogens with zero attached hydrogens (tertiary/aromatic N) is 1. The molecular weight excluding hydrogens is 306 g/mol. The van der Waals surface area contributed by atoms with Crippen molar-refractivity contribution in [1.82, 2.24) is 4.98 Å². The molecular formula is C22H25NSi.